The summed E-state index contributed by atoms with van der Waals surface area (Å²) in [5.74, 6) is 0.0851. The molecule has 0 unspecified atom stereocenters. The molecule has 1 aromatic carbocycles. The van der Waals surface area contributed by atoms with Crippen molar-refractivity contribution in [3.63, 3.8) is 0 Å². The Morgan fingerprint density at radius 1 is 1.33 bits per heavy atom. The third-order valence-electron chi connectivity index (χ3n) is 5.58. The van der Waals surface area contributed by atoms with Crippen LogP contribution in [0.4, 0.5) is 0 Å². The largest absolute Gasteiger partial charge is 0.373 e. The summed E-state index contributed by atoms with van der Waals surface area (Å²) in [6.45, 7) is 6.63. The number of pyridine rings is 1. The van der Waals surface area contributed by atoms with Gasteiger partial charge in [0.05, 0.1) is 25.8 Å². The molecular formula is C22H26N2O3. The summed E-state index contributed by atoms with van der Waals surface area (Å²) in [5.41, 5.74) is 3.93. The number of carbonyl (C=O) groups excluding carboxylic acids is 1. The Bertz CT molecular complexity index is 830. The zero-order chi connectivity index (χ0) is 18.9. The topological polar surface area (TPSA) is 51.7 Å². The summed E-state index contributed by atoms with van der Waals surface area (Å²) < 4.78 is 12.2. The summed E-state index contributed by atoms with van der Waals surface area (Å²) in [6, 6.07) is 9.76. The number of hydrogen-bond acceptors (Lipinski definition) is 4. The smallest absolute Gasteiger partial charge is 0.254 e. The average Bonchev–Trinajstić information content (AvgIpc) is 2.65. The average molecular weight is 366 g/mol. The van der Waals surface area contributed by atoms with Crippen molar-refractivity contribution in [3.05, 3.63) is 65.0 Å². The number of amides is 1. The molecule has 1 atom stereocenters. The second-order valence-electron chi connectivity index (χ2n) is 7.79. The maximum absolute atomic E-state index is 12.7. The molecular weight excluding hydrogens is 340 g/mol. The quantitative estimate of drug-likeness (QED) is 0.833. The van der Waals surface area contributed by atoms with Gasteiger partial charge in [-0.25, -0.2) is 0 Å². The van der Waals surface area contributed by atoms with Crippen LogP contribution in [0, 0.1) is 13.8 Å². The van der Waals surface area contributed by atoms with Crippen LogP contribution in [0.2, 0.25) is 0 Å². The summed E-state index contributed by atoms with van der Waals surface area (Å²) in [7, 11) is 0. The maximum Gasteiger partial charge on any atom is 0.254 e. The van der Waals surface area contributed by atoms with Crippen molar-refractivity contribution in [2.75, 3.05) is 19.7 Å². The van der Waals surface area contributed by atoms with Gasteiger partial charge in [0, 0.05) is 31.0 Å². The molecule has 5 heteroatoms. The van der Waals surface area contributed by atoms with E-state index in [2.05, 4.69) is 11.9 Å². The molecule has 0 N–H and O–H groups in total. The molecule has 0 aliphatic carbocycles. The van der Waals surface area contributed by atoms with Crippen LogP contribution in [-0.4, -0.2) is 47.2 Å². The Balaban J connectivity index is 1.33. The monoisotopic (exact) mass is 366 g/mol. The number of aromatic nitrogens is 1. The van der Waals surface area contributed by atoms with Crippen LogP contribution in [0.15, 0.2) is 42.7 Å². The number of likely N-dealkylation sites (tertiary alicyclic amines) is 1. The standard InChI is InChI=1S/C22H26N2O3/c1-16-4-3-5-18(10-16)21(25)24-14-22(15-24)11-20(7-9-27-22)26-13-19-12-23-8-6-17(19)2/h3-6,8,10,12,20H,7,9,11,13-15H2,1-2H3/t20-/m0/s1. The summed E-state index contributed by atoms with van der Waals surface area (Å²) in [4.78, 5) is 18.7. The zero-order valence-electron chi connectivity index (χ0n) is 16.0. The molecule has 1 spiro atoms. The first-order valence-electron chi connectivity index (χ1n) is 9.56. The molecule has 1 aromatic heterocycles. The van der Waals surface area contributed by atoms with E-state index in [0.29, 0.717) is 26.3 Å². The number of ether oxygens (including phenoxy) is 2. The first-order valence-corrected chi connectivity index (χ1v) is 9.56. The van der Waals surface area contributed by atoms with Crippen LogP contribution in [0.1, 0.15) is 39.9 Å². The van der Waals surface area contributed by atoms with Gasteiger partial charge in [-0.1, -0.05) is 17.7 Å². The van der Waals surface area contributed by atoms with Gasteiger partial charge in [0.15, 0.2) is 0 Å². The van der Waals surface area contributed by atoms with E-state index in [1.165, 1.54) is 5.56 Å². The third kappa shape index (κ3) is 3.89. The van der Waals surface area contributed by atoms with Crippen molar-refractivity contribution in [1.82, 2.24) is 9.88 Å². The van der Waals surface area contributed by atoms with Crippen molar-refractivity contribution >= 4 is 5.91 Å². The fraction of sp³-hybridized carbons (Fsp3) is 0.455. The Hall–Kier alpha value is -2.24. The summed E-state index contributed by atoms with van der Waals surface area (Å²) >= 11 is 0. The van der Waals surface area contributed by atoms with Crippen LogP contribution < -0.4 is 0 Å². The molecule has 27 heavy (non-hydrogen) atoms. The normalized spacial score (nSPS) is 21.1. The fourth-order valence-electron chi connectivity index (χ4n) is 3.95. The number of rotatable bonds is 4. The van der Waals surface area contributed by atoms with Crippen LogP contribution in [-0.2, 0) is 16.1 Å². The van der Waals surface area contributed by atoms with Crippen LogP contribution in [0.3, 0.4) is 0 Å². The van der Waals surface area contributed by atoms with E-state index in [9.17, 15) is 4.79 Å². The molecule has 0 bridgehead atoms. The van der Waals surface area contributed by atoms with E-state index in [1.54, 1.807) is 6.20 Å². The Morgan fingerprint density at radius 2 is 2.19 bits per heavy atom. The minimum absolute atomic E-state index is 0.0851. The maximum atomic E-state index is 12.7. The number of benzene rings is 1. The minimum atomic E-state index is -0.244. The van der Waals surface area contributed by atoms with E-state index in [4.69, 9.17) is 9.47 Å². The van der Waals surface area contributed by atoms with Gasteiger partial charge in [0.25, 0.3) is 5.91 Å². The van der Waals surface area contributed by atoms with Crippen molar-refractivity contribution < 1.29 is 14.3 Å². The van der Waals surface area contributed by atoms with Crippen molar-refractivity contribution in [2.45, 2.75) is 45.0 Å². The van der Waals surface area contributed by atoms with Gasteiger partial charge in [-0.3, -0.25) is 9.78 Å². The van der Waals surface area contributed by atoms with E-state index in [1.807, 2.05) is 48.4 Å². The van der Waals surface area contributed by atoms with Crippen molar-refractivity contribution in [1.29, 1.82) is 0 Å². The molecule has 0 saturated carbocycles. The summed E-state index contributed by atoms with van der Waals surface area (Å²) in [5, 5.41) is 0. The highest BCUT2D eigenvalue weighted by Gasteiger charge is 2.49. The van der Waals surface area contributed by atoms with Gasteiger partial charge in [0.1, 0.15) is 5.60 Å². The lowest BCUT2D eigenvalue weighted by atomic mass is 9.84. The molecule has 4 rings (SSSR count). The molecule has 2 fully saturated rings. The van der Waals surface area contributed by atoms with E-state index in [-0.39, 0.29) is 17.6 Å². The number of nitrogens with zero attached hydrogens (tertiary/aromatic N) is 2. The van der Waals surface area contributed by atoms with E-state index >= 15 is 0 Å². The van der Waals surface area contributed by atoms with Crippen molar-refractivity contribution in [3.8, 4) is 0 Å². The Labute approximate surface area is 160 Å². The van der Waals surface area contributed by atoms with Crippen LogP contribution >= 0.6 is 0 Å². The van der Waals surface area contributed by atoms with Gasteiger partial charge >= 0.3 is 0 Å². The number of aryl methyl sites for hydroxylation is 2. The molecule has 142 valence electrons. The molecule has 3 heterocycles. The second kappa shape index (κ2) is 7.41. The highest BCUT2D eigenvalue weighted by molar-refractivity contribution is 5.95. The third-order valence-corrected chi connectivity index (χ3v) is 5.58. The first-order chi connectivity index (χ1) is 13.0. The van der Waals surface area contributed by atoms with Crippen LogP contribution in [0.5, 0.6) is 0 Å². The van der Waals surface area contributed by atoms with Crippen molar-refractivity contribution in [2.24, 2.45) is 0 Å². The first kappa shape index (κ1) is 18.1. The summed E-state index contributed by atoms with van der Waals surface area (Å²) in [6.07, 6.45) is 5.57. The van der Waals surface area contributed by atoms with Gasteiger partial charge in [-0.2, -0.15) is 0 Å². The highest BCUT2D eigenvalue weighted by atomic mass is 16.5. The minimum Gasteiger partial charge on any atom is -0.373 e. The molecule has 0 radical (unpaired) electrons. The predicted molar refractivity (Wildman–Crippen MR) is 103 cm³/mol. The van der Waals surface area contributed by atoms with Gasteiger partial charge in [0.2, 0.25) is 0 Å². The molecule has 5 nitrogen and oxygen atoms in total. The molecule has 2 saturated heterocycles. The van der Waals surface area contributed by atoms with E-state index < -0.39 is 0 Å². The van der Waals surface area contributed by atoms with Crippen LogP contribution in [0.25, 0.3) is 0 Å². The Kier molecular flexibility index (Phi) is 4.98. The molecule has 1 amide bonds. The molecule has 2 aliphatic heterocycles. The lowest BCUT2D eigenvalue weighted by Gasteiger charge is -2.53. The lowest BCUT2D eigenvalue weighted by Crippen LogP contribution is -2.67. The van der Waals surface area contributed by atoms with Gasteiger partial charge in [-0.15, -0.1) is 0 Å². The Morgan fingerprint density at radius 3 is 2.96 bits per heavy atom. The zero-order valence-corrected chi connectivity index (χ0v) is 16.0. The number of hydrogen-bond donors (Lipinski definition) is 0. The molecule has 2 aliphatic rings. The van der Waals surface area contributed by atoms with Gasteiger partial charge in [-0.05, 0) is 49.6 Å². The lowest BCUT2D eigenvalue weighted by molar-refractivity contribution is -0.188. The van der Waals surface area contributed by atoms with Gasteiger partial charge < -0.3 is 14.4 Å². The number of carbonyl (C=O) groups is 1. The highest BCUT2D eigenvalue weighted by Crippen LogP contribution is 2.36. The molecule has 2 aromatic rings. The van der Waals surface area contributed by atoms with E-state index in [0.717, 1.165) is 29.5 Å². The second-order valence-corrected chi connectivity index (χ2v) is 7.79. The predicted octanol–water partition coefficient (Wildman–Crippen LogP) is 3.29. The fourth-order valence-corrected chi connectivity index (χ4v) is 3.95. The SMILES string of the molecule is Cc1cccc(C(=O)N2CC3(C[C@@H](OCc4cnccc4C)CCO3)C2)c1.